The van der Waals surface area contributed by atoms with Crippen LogP contribution in [0.25, 0.3) is 33.4 Å². The maximum Gasteiger partial charge on any atom is 0.236 e. The first-order valence-electron chi connectivity index (χ1n) is 10.3. The van der Waals surface area contributed by atoms with Crippen LogP contribution < -0.4 is 4.74 Å². The molecule has 1 aliphatic heterocycles. The van der Waals surface area contributed by atoms with E-state index in [1.54, 1.807) is 18.6 Å². The summed E-state index contributed by atoms with van der Waals surface area (Å²) < 4.78 is 31.8. The average Bonchev–Trinajstić information content (AvgIpc) is 3.18. The van der Waals surface area contributed by atoms with E-state index >= 15 is 0 Å². The van der Waals surface area contributed by atoms with Crippen LogP contribution in [0.15, 0.2) is 79.1 Å². The second kappa shape index (κ2) is 8.22. The van der Waals surface area contributed by atoms with Crippen molar-refractivity contribution in [1.82, 2.24) is 19.3 Å². The maximum absolute atomic E-state index is 12.1. The Morgan fingerprint density at radius 1 is 1.16 bits per heavy atom. The molecule has 0 spiro atoms. The summed E-state index contributed by atoms with van der Waals surface area (Å²) in [6.45, 7) is 4.13. The third-order valence-electron chi connectivity index (χ3n) is 5.73. The van der Waals surface area contributed by atoms with Crippen molar-refractivity contribution in [3.05, 3.63) is 79.1 Å². The van der Waals surface area contributed by atoms with E-state index in [9.17, 15) is 8.42 Å². The lowest BCUT2D eigenvalue weighted by atomic mass is 10.0. The van der Waals surface area contributed by atoms with E-state index < -0.39 is 10.0 Å². The molecule has 0 bridgehead atoms. The molecule has 0 amide bonds. The summed E-state index contributed by atoms with van der Waals surface area (Å²) in [4.78, 5) is 12.3. The molecule has 162 valence electrons. The molecule has 1 aromatic carbocycles. The SMILES string of the molecule is C=CS(=O)(=O)N1CC[C@@H]1COc1cnccc1-c1[nH]c2cccnc2c1-c1ccccc1. The molecule has 32 heavy (non-hydrogen) atoms. The smallest absolute Gasteiger partial charge is 0.236 e. The molecule has 0 aliphatic carbocycles. The molecule has 5 rings (SSSR count). The van der Waals surface area contributed by atoms with Gasteiger partial charge >= 0.3 is 0 Å². The van der Waals surface area contributed by atoms with Gasteiger partial charge in [0.1, 0.15) is 12.4 Å². The van der Waals surface area contributed by atoms with Crippen LogP contribution in [0.5, 0.6) is 5.75 Å². The number of hydrogen-bond acceptors (Lipinski definition) is 5. The Balaban J connectivity index is 1.53. The van der Waals surface area contributed by atoms with Crippen molar-refractivity contribution in [3.8, 4) is 28.1 Å². The van der Waals surface area contributed by atoms with Gasteiger partial charge in [-0.1, -0.05) is 36.9 Å². The van der Waals surface area contributed by atoms with Crippen LogP contribution in [0, 0.1) is 0 Å². The molecular weight excluding hydrogens is 424 g/mol. The van der Waals surface area contributed by atoms with E-state index in [4.69, 9.17) is 4.74 Å². The summed E-state index contributed by atoms with van der Waals surface area (Å²) in [5.74, 6) is 0.582. The van der Waals surface area contributed by atoms with Gasteiger partial charge in [0.2, 0.25) is 10.0 Å². The Bertz CT molecular complexity index is 1380. The fourth-order valence-electron chi connectivity index (χ4n) is 4.01. The van der Waals surface area contributed by atoms with Crippen molar-refractivity contribution >= 4 is 21.1 Å². The number of benzene rings is 1. The van der Waals surface area contributed by atoms with E-state index in [0.29, 0.717) is 12.3 Å². The number of H-pyrrole nitrogens is 1. The van der Waals surface area contributed by atoms with Gasteiger partial charge in [-0.3, -0.25) is 9.97 Å². The number of rotatable bonds is 7. The van der Waals surface area contributed by atoms with E-state index in [-0.39, 0.29) is 12.6 Å². The highest BCUT2D eigenvalue weighted by Gasteiger charge is 2.36. The van der Waals surface area contributed by atoms with Gasteiger partial charge in [-0.05, 0) is 30.2 Å². The number of fused-ring (bicyclic) bond motifs is 1. The number of nitrogens with one attached hydrogen (secondary N) is 1. The second-order valence-electron chi connectivity index (χ2n) is 7.59. The molecule has 1 atom stereocenters. The molecule has 0 radical (unpaired) electrons. The number of sulfonamides is 1. The van der Waals surface area contributed by atoms with Crippen molar-refractivity contribution in [2.75, 3.05) is 13.2 Å². The molecule has 3 aromatic heterocycles. The van der Waals surface area contributed by atoms with Gasteiger partial charge in [-0.15, -0.1) is 0 Å². The zero-order valence-corrected chi connectivity index (χ0v) is 18.1. The van der Waals surface area contributed by atoms with Gasteiger partial charge in [0.15, 0.2) is 0 Å². The lowest BCUT2D eigenvalue weighted by Gasteiger charge is -2.38. The van der Waals surface area contributed by atoms with E-state index in [2.05, 4.69) is 33.7 Å². The molecule has 4 aromatic rings. The highest BCUT2D eigenvalue weighted by atomic mass is 32.2. The zero-order chi connectivity index (χ0) is 22.1. The quantitative estimate of drug-likeness (QED) is 0.459. The minimum atomic E-state index is -3.45. The number of nitrogens with zero attached hydrogens (tertiary/aromatic N) is 3. The van der Waals surface area contributed by atoms with E-state index in [0.717, 1.165) is 45.2 Å². The Morgan fingerprint density at radius 3 is 2.75 bits per heavy atom. The largest absolute Gasteiger partial charge is 0.490 e. The standard InChI is InChI=1S/C24H22N4O3S/c1-2-32(29,30)28-14-11-18(28)16-31-21-15-25-13-10-19(21)23-22(17-7-4-3-5-8-17)24-20(27-23)9-6-12-26-24/h2-10,12-13,15,18,27H,1,11,14,16H2/t18-/m1/s1. The number of hydrogen-bond donors (Lipinski definition) is 1. The molecule has 0 unspecified atom stereocenters. The molecule has 0 saturated carbocycles. The molecule has 4 heterocycles. The van der Waals surface area contributed by atoms with Crippen molar-refractivity contribution in [2.45, 2.75) is 12.5 Å². The van der Waals surface area contributed by atoms with E-state index in [1.165, 1.54) is 4.31 Å². The third-order valence-corrected chi connectivity index (χ3v) is 7.28. The number of ether oxygens (including phenoxy) is 1. The lowest BCUT2D eigenvalue weighted by Crippen LogP contribution is -2.53. The molecule has 1 aliphatic rings. The summed E-state index contributed by atoms with van der Waals surface area (Å²) in [5, 5.41) is 0.984. The zero-order valence-electron chi connectivity index (χ0n) is 17.3. The van der Waals surface area contributed by atoms with Gasteiger partial charge in [-0.2, -0.15) is 4.31 Å². The first-order chi connectivity index (χ1) is 15.6. The van der Waals surface area contributed by atoms with Gasteiger partial charge in [0.25, 0.3) is 0 Å². The maximum atomic E-state index is 12.1. The summed E-state index contributed by atoms with van der Waals surface area (Å²) in [5.41, 5.74) is 5.54. The molecule has 1 saturated heterocycles. The summed E-state index contributed by atoms with van der Waals surface area (Å²) >= 11 is 0. The molecule has 1 N–H and O–H groups in total. The summed E-state index contributed by atoms with van der Waals surface area (Å²) in [6.07, 6.45) is 5.90. The van der Waals surface area contributed by atoms with E-state index in [1.807, 2.05) is 36.4 Å². The normalized spacial score (nSPS) is 16.6. The highest BCUT2D eigenvalue weighted by Crippen LogP contribution is 2.40. The third kappa shape index (κ3) is 3.57. The Morgan fingerprint density at radius 2 is 2.00 bits per heavy atom. The lowest BCUT2D eigenvalue weighted by molar-refractivity contribution is 0.130. The monoisotopic (exact) mass is 446 g/mol. The predicted octanol–water partition coefficient (Wildman–Crippen LogP) is 4.22. The van der Waals surface area contributed by atoms with Crippen molar-refractivity contribution in [2.24, 2.45) is 0 Å². The van der Waals surface area contributed by atoms with Crippen LogP contribution in [-0.4, -0.2) is 46.9 Å². The second-order valence-corrected chi connectivity index (χ2v) is 9.42. The molecular formula is C24H22N4O3S. The average molecular weight is 447 g/mol. The Hall–Kier alpha value is -3.49. The van der Waals surface area contributed by atoms with Crippen LogP contribution in [0.1, 0.15) is 6.42 Å². The Kier molecular flexibility index (Phi) is 5.24. The fraction of sp³-hybridized carbons (Fsp3) is 0.167. The molecule has 1 fully saturated rings. The molecule has 8 heteroatoms. The number of pyridine rings is 2. The van der Waals surface area contributed by atoms with Crippen molar-refractivity contribution in [3.63, 3.8) is 0 Å². The fourth-order valence-corrected chi connectivity index (χ4v) is 5.14. The minimum Gasteiger partial charge on any atom is -0.490 e. The van der Waals surface area contributed by atoms with Crippen LogP contribution in [0.3, 0.4) is 0 Å². The van der Waals surface area contributed by atoms with Gasteiger partial charge < -0.3 is 9.72 Å². The van der Waals surface area contributed by atoms with Crippen LogP contribution in [0.4, 0.5) is 0 Å². The minimum absolute atomic E-state index is 0.218. The van der Waals surface area contributed by atoms with Crippen molar-refractivity contribution in [1.29, 1.82) is 0 Å². The summed E-state index contributed by atoms with van der Waals surface area (Å²) in [6, 6.07) is 15.6. The van der Waals surface area contributed by atoms with Crippen molar-refractivity contribution < 1.29 is 13.2 Å². The number of aromatic nitrogens is 3. The van der Waals surface area contributed by atoms with Crippen LogP contribution in [0.2, 0.25) is 0 Å². The first-order valence-corrected chi connectivity index (χ1v) is 11.8. The highest BCUT2D eigenvalue weighted by molar-refractivity contribution is 7.92. The number of aromatic amines is 1. The van der Waals surface area contributed by atoms with Gasteiger partial charge in [0, 0.05) is 35.5 Å². The van der Waals surface area contributed by atoms with Gasteiger partial charge in [0.05, 0.1) is 29.0 Å². The topological polar surface area (TPSA) is 88.2 Å². The summed E-state index contributed by atoms with van der Waals surface area (Å²) in [7, 11) is -3.45. The predicted molar refractivity (Wildman–Crippen MR) is 124 cm³/mol. The Labute approximate surface area is 186 Å². The van der Waals surface area contributed by atoms with Gasteiger partial charge in [-0.25, -0.2) is 8.42 Å². The first kappa shape index (κ1) is 20.4. The van der Waals surface area contributed by atoms with Crippen LogP contribution in [-0.2, 0) is 10.0 Å². The van der Waals surface area contributed by atoms with Crippen LogP contribution >= 0.6 is 0 Å². The molecule has 7 nitrogen and oxygen atoms in total.